The molecular weight excluding hydrogens is 432 g/mol. The lowest BCUT2D eigenvalue weighted by molar-refractivity contribution is -0.384. The van der Waals surface area contributed by atoms with Crippen LogP contribution in [0.4, 0.5) is 11.4 Å². The Morgan fingerprint density at radius 3 is 2.47 bits per heavy atom. The van der Waals surface area contributed by atoms with Gasteiger partial charge in [0.2, 0.25) is 5.89 Å². The molecule has 0 aliphatic carbocycles. The Morgan fingerprint density at radius 1 is 1.09 bits per heavy atom. The van der Waals surface area contributed by atoms with Crippen molar-refractivity contribution in [3.63, 3.8) is 0 Å². The van der Waals surface area contributed by atoms with Crippen molar-refractivity contribution in [1.29, 1.82) is 0 Å². The monoisotopic (exact) mass is 448 g/mol. The lowest BCUT2D eigenvalue weighted by atomic mass is 10.2. The molecule has 0 saturated heterocycles. The fourth-order valence-corrected chi connectivity index (χ4v) is 3.14. The Morgan fingerprint density at radius 2 is 1.81 bits per heavy atom. The lowest BCUT2D eigenvalue weighted by Gasteiger charge is -2.09. The number of oxazole rings is 1. The van der Waals surface area contributed by atoms with E-state index < -0.39 is 10.8 Å². The van der Waals surface area contributed by atoms with E-state index in [1.807, 2.05) is 24.3 Å². The molecule has 9 nitrogen and oxygen atoms in total. The van der Waals surface area contributed by atoms with E-state index in [0.717, 1.165) is 11.3 Å². The number of rotatable bonds is 5. The SMILES string of the molecule is COc1ccc(-c2nc3cc(NC(=S)NC(=O)c4ccc([N+](=O)[O-])cc4)ccc3o2)cc1. The first kappa shape index (κ1) is 20.9. The molecule has 0 radical (unpaired) electrons. The van der Waals surface area contributed by atoms with E-state index in [1.54, 1.807) is 25.3 Å². The van der Waals surface area contributed by atoms with Crippen LogP contribution >= 0.6 is 12.2 Å². The molecule has 0 spiro atoms. The summed E-state index contributed by atoms with van der Waals surface area (Å²) in [7, 11) is 1.60. The van der Waals surface area contributed by atoms with E-state index in [0.29, 0.717) is 22.7 Å². The first-order chi connectivity index (χ1) is 15.4. The molecule has 0 saturated carbocycles. The third kappa shape index (κ3) is 4.55. The van der Waals surface area contributed by atoms with Gasteiger partial charge in [0, 0.05) is 28.9 Å². The van der Waals surface area contributed by atoms with Gasteiger partial charge in [0.1, 0.15) is 11.3 Å². The Labute approximate surface area is 187 Å². The Kier molecular flexibility index (Phi) is 5.77. The van der Waals surface area contributed by atoms with Gasteiger partial charge in [-0.2, -0.15) is 0 Å². The van der Waals surface area contributed by atoms with Gasteiger partial charge in [0.05, 0.1) is 12.0 Å². The van der Waals surface area contributed by atoms with Crippen molar-refractivity contribution in [3.8, 4) is 17.2 Å². The van der Waals surface area contributed by atoms with Crippen LogP contribution in [0.1, 0.15) is 10.4 Å². The van der Waals surface area contributed by atoms with Gasteiger partial charge in [-0.15, -0.1) is 0 Å². The molecule has 32 heavy (non-hydrogen) atoms. The standard InChI is InChI=1S/C22H16N4O5S/c1-30-17-9-4-14(5-10-17)21-24-18-12-15(6-11-19(18)31-21)23-22(32)25-20(27)13-2-7-16(8-3-13)26(28)29/h2-12H,1H3,(H2,23,25,27,32). The molecular formula is C22H16N4O5S. The molecule has 160 valence electrons. The first-order valence-corrected chi connectivity index (χ1v) is 9.75. The van der Waals surface area contributed by atoms with Crippen molar-refractivity contribution in [2.75, 3.05) is 12.4 Å². The van der Waals surface area contributed by atoms with Crippen molar-refractivity contribution < 1.29 is 18.9 Å². The van der Waals surface area contributed by atoms with Gasteiger partial charge in [-0.3, -0.25) is 20.2 Å². The minimum Gasteiger partial charge on any atom is -0.497 e. The zero-order valence-electron chi connectivity index (χ0n) is 16.7. The molecule has 2 N–H and O–H groups in total. The van der Waals surface area contributed by atoms with Crippen LogP contribution in [0.2, 0.25) is 0 Å². The number of non-ortho nitro benzene ring substituents is 1. The number of fused-ring (bicyclic) bond motifs is 1. The van der Waals surface area contributed by atoms with Gasteiger partial charge < -0.3 is 14.5 Å². The summed E-state index contributed by atoms with van der Waals surface area (Å²) in [4.78, 5) is 27.0. The minimum atomic E-state index is -0.534. The third-order valence-corrected chi connectivity index (χ3v) is 4.75. The molecule has 4 rings (SSSR count). The largest absolute Gasteiger partial charge is 0.497 e. The molecule has 4 aromatic rings. The molecule has 3 aromatic carbocycles. The summed E-state index contributed by atoms with van der Waals surface area (Å²) in [6.45, 7) is 0. The molecule has 1 amide bonds. The van der Waals surface area contributed by atoms with Crippen LogP contribution in [0.5, 0.6) is 5.75 Å². The molecule has 1 heterocycles. The second-order valence-corrected chi connectivity index (χ2v) is 7.05. The average molecular weight is 448 g/mol. The van der Waals surface area contributed by atoms with E-state index in [2.05, 4.69) is 15.6 Å². The third-order valence-electron chi connectivity index (χ3n) is 4.55. The number of carbonyl (C=O) groups excluding carboxylic acids is 1. The number of nitrogens with one attached hydrogen (secondary N) is 2. The molecule has 0 unspecified atom stereocenters. The van der Waals surface area contributed by atoms with Crippen molar-refractivity contribution in [3.05, 3.63) is 82.4 Å². The number of methoxy groups -OCH3 is 1. The van der Waals surface area contributed by atoms with Gasteiger partial charge in [-0.1, -0.05) is 0 Å². The summed E-state index contributed by atoms with van der Waals surface area (Å²) < 4.78 is 11.0. The van der Waals surface area contributed by atoms with Crippen LogP contribution in [0.15, 0.2) is 71.1 Å². The summed E-state index contributed by atoms with van der Waals surface area (Å²) in [6, 6.07) is 17.8. The Bertz CT molecular complexity index is 1320. The number of nitro groups is 1. The number of aromatic nitrogens is 1. The maximum Gasteiger partial charge on any atom is 0.269 e. The average Bonchev–Trinajstić information content (AvgIpc) is 3.22. The maximum atomic E-state index is 12.3. The summed E-state index contributed by atoms with van der Waals surface area (Å²) >= 11 is 5.20. The fraction of sp³-hybridized carbons (Fsp3) is 0.0455. The topological polar surface area (TPSA) is 120 Å². The normalized spacial score (nSPS) is 10.5. The first-order valence-electron chi connectivity index (χ1n) is 9.35. The highest BCUT2D eigenvalue weighted by atomic mass is 32.1. The second-order valence-electron chi connectivity index (χ2n) is 6.64. The van der Waals surface area contributed by atoms with Gasteiger partial charge in [-0.05, 0) is 66.8 Å². The number of hydrogen-bond acceptors (Lipinski definition) is 7. The van der Waals surface area contributed by atoms with Gasteiger partial charge in [0.15, 0.2) is 10.7 Å². The van der Waals surface area contributed by atoms with Crippen molar-refractivity contribution in [2.45, 2.75) is 0 Å². The van der Waals surface area contributed by atoms with E-state index in [9.17, 15) is 14.9 Å². The number of anilines is 1. The summed E-state index contributed by atoms with van der Waals surface area (Å²) in [5.41, 5.74) is 2.78. The summed E-state index contributed by atoms with van der Waals surface area (Å²) in [6.07, 6.45) is 0. The smallest absolute Gasteiger partial charge is 0.269 e. The number of nitrogens with zero attached hydrogens (tertiary/aromatic N) is 2. The van der Waals surface area contributed by atoms with E-state index >= 15 is 0 Å². The Balaban J connectivity index is 1.44. The van der Waals surface area contributed by atoms with Crippen molar-refractivity contribution in [2.24, 2.45) is 0 Å². The van der Waals surface area contributed by atoms with Crippen molar-refractivity contribution in [1.82, 2.24) is 10.3 Å². The van der Waals surface area contributed by atoms with Crippen LogP contribution in [-0.2, 0) is 0 Å². The van der Waals surface area contributed by atoms with E-state index in [4.69, 9.17) is 21.4 Å². The van der Waals surface area contributed by atoms with Crippen LogP contribution in [-0.4, -0.2) is 28.0 Å². The van der Waals surface area contributed by atoms with Crippen LogP contribution in [0, 0.1) is 10.1 Å². The number of amides is 1. The number of hydrogen-bond donors (Lipinski definition) is 2. The van der Waals surface area contributed by atoms with Crippen LogP contribution in [0.3, 0.4) is 0 Å². The van der Waals surface area contributed by atoms with Gasteiger partial charge in [0.25, 0.3) is 11.6 Å². The predicted molar refractivity (Wildman–Crippen MR) is 123 cm³/mol. The molecule has 0 bridgehead atoms. The highest BCUT2D eigenvalue weighted by Gasteiger charge is 2.12. The van der Waals surface area contributed by atoms with E-state index in [-0.39, 0.29) is 16.4 Å². The summed E-state index contributed by atoms with van der Waals surface area (Å²) in [5, 5.41) is 16.3. The number of thiocarbonyl (C=S) groups is 1. The van der Waals surface area contributed by atoms with Gasteiger partial charge in [-0.25, -0.2) is 4.98 Å². The number of carbonyl (C=O) groups is 1. The minimum absolute atomic E-state index is 0.0755. The number of nitro benzene ring substituents is 1. The highest BCUT2D eigenvalue weighted by molar-refractivity contribution is 7.80. The molecule has 10 heteroatoms. The summed E-state index contributed by atoms with van der Waals surface area (Å²) in [5.74, 6) is 0.719. The molecule has 0 atom stereocenters. The zero-order chi connectivity index (χ0) is 22.7. The predicted octanol–water partition coefficient (Wildman–Crippen LogP) is 4.54. The van der Waals surface area contributed by atoms with E-state index in [1.165, 1.54) is 24.3 Å². The van der Waals surface area contributed by atoms with Crippen molar-refractivity contribution >= 4 is 45.7 Å². The van der Waals surface area contributed by atoms with Crippen LogP contribution < -0.4 is 15.4 Å². The number of benzene rings is 3. The number of ether oxygens (including phenoxy) is 1. The Hall–Kier alpha value is -4.31. The second kappa shape index (κ2) is 8.82. The van der Waals surface area contributed by atoms with Gasteiger partial charge >= 0.3 is 0 Å². The quantitative estimate of drug-likeness (QED) is 0.259. The molecule has 0 fully saturated rings. The maximum absolute atomic E-state index is 12.3. The molecule has 0 aliphatic heterocycles. The molecule has 0 aliphatic rings. The molecule has 1 aromatic heterocycles. The fourth-order valence-electron chi connectivity index (χ4n) is 2.93. The lowest BCUT2D eigenvalue weighted by Crippen LogP contribution is -2.34. The highest BCUT2D eigenvalue weighted by Crippen LogP contribution is 2.27. The zero-order valence-corrected chi connectivity index (χ0v) is 17.5. The van der Waals surface area contributed by atoms with Crippen LogP contribution in [0.25, 0.3) is 22.6 Å².